The monoisotopic (exact) mass is 371 g/mol. The van der Waals surface area contributed by atoms with E-state index in [-0.39, 0.29) is 11.1 Å². The Morgan fingerprint density at radius 2 is 2.00 bits per heavy atom. The zero-order valence-electron chi connectivity index (χ0n) is 11.8. The van der Waals surface area contributed by atoms with Crippen LogP contribution < -0.4 is 10.5 Å². The average Bonchev–Trinajstić information content (AvgIpc) is 2.39. The summed E-state index contributed by atoms with van der Waals surface area (Å²) in [7, 11) is 0. The van der Waals surface area contributed by atoms with E-state index < -0.39 is 5.82 Å². The van der Waals surface area contributed by atoms with E-state index in [1.54, 1.807) is 0 Å². The molecule has 0 aliphatic rings. The number of aryl methyl sites for hydroxylation is 1. The van der Waals surface area contributed by atoms with Crippen molar-refractivity contribution in [2.45, 2.75) is 26.3 Å². The lowest BCUT2D eigenvalue weighted by Gasteiger charge is -2.13. The van der Waals surface area contributed by atoms with Crippen LogP contribution in [0, 0.1) is 12.7 Å². The van der Waals surface area contributed by atoms with Crippen LogP contribution in [0.25, 0.3) is 0 Å². The van der Waals surface area contributed by atoms with Crippen molar-refractivity contribution in [3.63, 3.8) is 0 Å². The Morgan fingerprint density at radius 3 is 2.67 bits per heavy atom. The van der Waals surface area contributed by atoms with Gasteiger partial charge < -0.3 is 10.5 Å². The first-order valence-electron chi connectivity index (χ1n) is 6.54. The van der Waals surface area contributed by atoms with Crippen molar-refractivity contribution in [1.82, 2.24) is 0 Å². The summed E-state index contributed by atoms with van der Waals surface area (Å²) in [6.45, 7) is 3.89. The predicted octanol–water partition coefficient (Wildman–Crippen LogP) is 5.23. The Labute approximate surface area is 137 Å². The minimum absolute atomic E-state index is 0.0525. The number of hydrogen-bond acceptors (Lipinski definition) is 2. The fraction of sp³-hybridized carbons (Fsp3) is 0.250. The number of ether oxygens (including phenoxy) is 1. The highest BCUT2D eigenvalue weighted by atomic mass is 79.9. The number of halogens is 3. The van der Waals surface area contributed by atoms with Crippen molar-refractivity contribution in [3.8, 4) is 11.5 Å². The van der Waals surface area contributed by atoms with Gasteiger partial charge in [-0.2, -0.15) is 0 Å². The maximum absolute atomic E-state index is 13.6. The van der Waals surface area contributed by atoms with Crippen LogP contribution in [0.15, 0.2) is 34.8 Å². The molecule has 0 radical (unpaired) electrons. The molecule has 21 heavy (non-hydrogen) atoms. The molecule has 0 saturated carbocycles. The third-order valence-corrected chi connectivity index (χ3v) is 3.91. The molecule has 0 aliphatic heterocycles. The van der Waals surface area contributed by atoms with Gasteiger partial charge in [-0.25, -0.2) is 4.39 Å². The van der Waals surface area contributed by atoms with Crippen LogP contribution in [0.5, 0.6) is 11.5 Å². The molecular formula is C16H16BrClFNO. The van der Waals surface area contributed by atoms with Crippen molar-refractivity contribution in [2.75, 3.05) is 0 Å². The quantitative estimate of drug-likeness (QED) is 0.746. The van der Waals surface area contributed by atoms with Gasteiger partial charge in [0.25, 0.3) is 0 Å². The second-order valence-electron chi connectivity index (χ2n) is 5.08. The molecule has 0 amide bonds. The first-order chi connectivity index (χ1) is 9.86. The summed E-state index contributed by atoms with van der Waals surface area (Å²) in [5.41, 5.74) is 7.86. The van der Waals surface area contributed by atoms with Crippen LogP contribution in [0.2, 0.25) is 5.02 Å². The molecule has 5 heteroatoms. The van der Waals surface area contributed by atoms with E-state index in [0.717, 1.165) is 17.5 Å². The third-order valence-electron chi connectivity index (χ3n) is 3.00. The van der Waals surface area contributed by atoms with Crippen molar-refractivity contribution >= 4 is 27.5 Å². The summed E-state index contributed by atoms with van der Waals surface area (Å²) in [5.74, 6) is 0.549. The molecule has 2 aromatic rings. The summed E-state index contributed by atoms with van der Waals surface area (Å²) in [6, 6.07) is 8.73. The Bertz CT molecular complexity index is 661. The Balaban J connectivity index is 2.32. The lowest BCUT2D eigenvalue weighted by Crippen LogP contribution is -2.17. The Hall–Kier alpha value is -1.10. The van der Waals surface area contributed by atoms with Crippen LogP contribution in [0.3, 0.4) is 0 Å². The van der Waals surface area contributed by atoms with Crippen molar-refractivity contribution < 1.29 is 9.13 Å². The second kappa shape index (κ2) is 6.77. The van der Waals surface area contributed by atoms with Gasteiger partial charge in [0.05, 0.1) is 9.50 Å². The first kappa shape index (κ1) is 16.3. The zero-order valence-corrected chi connectivity index (χ0v) is 14.1. The summed E-state index contributed by atoms with van der Waals surface area (Å²) < 4.78 is 20.0. The summed E-state index contributed by atoms with van der Waals surface area (Å²) in [5, 5.41) is 0.0525. The molecule has 0 aliphatic carbocycles. The van der Waals surface area contributed by atoms with Crippen LogP contribution in [-0.4, -0.2) is 6.04 Å². The summed E-state index contributed by atoms with van der Waals surface area (Å²) in [4.78, 5) is 0. The highest BCUT2D eigenvalue weighted by molar-refractivity contribution is 9.10. The molecule has 2 aromatic carbocycles. The van der Waals surface area contributed by atoms with Crippen LogP contribution in [0.1, 0.15) is 18.1 Å². The number of benzene rings is 2. The van der Waals surface area contributed by atoms with Crippen molar-refractivity contribution in [1.29, 1.82) is 0 Å². The maximum atomic E-state index is 13.6. The average molecular weight is 373 g/mol. The molecule has 1 unspecified atom stereocenters. The molecule has 2 rings (SSSR count). The molecule has 2 nitrogen and oxygen atoms in total. The fourth-order valence-corrected chi connectivity index (χ4v) is 2.67. The highest BCUT2D eigenvalue weighted by Gasteiger charge is 2.11. The lowest BCUT2D eigenvalue weighted by molar-refractivity contribution is 0.469. The van der Waals surface area contributed by atoms with Gasteiger partial charge in [0.1, 0.15) is 17.3 Å². The van der Waals surface area contributed by atoms with E-state index in [9.17, 15) is 4.39 Å². The van der Waals surface area contributed by atoms with Crippen molar-refractivity contribution in [2.24, 2.45) is 5.73 Å². The fourth-order valence-electron chi connectivity index (χ4n) is 1.95. The molecule has 0 spiro atoms. The van der Waals surface area contributed by atoms with Gasteiger partial charge in [-0.15, -0.1) is 0 Å². The van der Waals surface area contributed by atoms with E-state index in [1.807, 2.05) is 32.0 Å². The summed E-state index contributed by atoms with van der Waals surface area (Å²) >= 11 is 9.05. The lowest BCUT2D eigenvalue weighted by atomic mass is 10.1. The number of nitrogens with two attached hydrogens (primary N) is 1. The largest absolute Gasteiger partial charge is 0.456 e. The topological polar surface area (TPSA) is 35.2 Å². The minimum atomic E-state index is -0.515. The van der Waals surface area contributed by atoms with E-state index in [0.29, 0.717) is 16.0 Å². The van der Waals surface area contributed by atoms with Crippen LogP contribution >= 0.6 is 27.5 Å². The smallest absolute Gasteiger partial charge is 0.145 e. The molecule has 0 fully saturated rings. The van der Waals surface area contributed by atoms with Crippen LogP contribution in [0.4, 0.5) is 4.39 Å². The Kier molecular flexibility index (Phi) is 5.25. The molecular weight excluding hydrogens is 357 g/mol. The van der Waals surface area contributed by atoms with Gasteiger partial charge in [-0.3, -0.25) is 0 Å². The normalized spacial score (nSPS) is 12.3. The predicted molar refractivity (Wildman–Crippen MR) is 87.7 cm³/mol. The molecule has 0 aromatic heterocycles. The van der Waals surface area contributed by atoms with Gasteiger partial charge >= 0.3 is 0 Å². The third kappa shape index (κ3) is 4.19. The van der Waals surface area contributed by atoms with Crippen LogP contribution in [-0.2, 0) is 6.42 Å². The summed E-state index contributed by atoms with van der Waals surface area (Å²) in [6.07, 6.45) is 0.757. The van der Waals surface area contributed by atoms with Gasteiger partial charge in [0, 0.05) is 12.1 Å². The molecule has 0 heterocycles. The van der Waals surface area contributed by atoms with E-state index in [1.165, 1.54) is 12.1 Å². The molecule has 0 bridgehead atoms. The Morgan fingerprint density at radius 1 is 1.29 bits per heavy atom. The molecule has 1 atom stereocenters. The second-order valence-corrected chi connectivity index (χ2v) is 6.34. The molecule has 0 saturated heterocycles. The molecule has 112 valence electrons. The number of rotatable bonds is 4. The highest BCUT2D eigenvalue weighted by Crippen LogP contribution is 2.35. The first-order valence-corrected chi connectivity index (χ1v) is 7.71. The van der Waals surface area contributed by atoms with Gasteiger partial charge in [-0.1, -0.05) is 23.7 Å². The van der Waals surface area contributed by atoms with E-state index in [2.05, 4.69) is 15.9 Å². The molecule has 2 N–H and O–H groups in total. The number of hydrogen-bond donors (Lipinski definition) is 1. The van der Waals surface area contributed by atoms with Crippen molar-refractivity contribution in [3.05, 3.63) is 56.8 Å². The zero-order chi connectivity index (χ0) is 15.6. The maximum Gasteiger partial charge on any atom is 0.145 e. The minimum Gasteiger partial charge on any atom is -0.456 e. The van der Waals surface area contributed by atoms with E-state index in [4.69, 9.17) is 22.1 Å². The van der Waals surface area contributed by atoms with Gasteiger partial charge in [-0.05, 0) is 59.5 Å². The van der Waals surface area contributed by atoms with E-state index >= 15 is 0 Å². The van der Waals surface area contributed by atoms with Gasteiger partial charge in [0.2, 0.25) is 0 Å². The SMILES string of the molecule is Cc1ccc(CC(C)N)cc1Oc1cc(F)c(Cl)cc1Br. The van der Waals surface area contributed by atoms with Gasteiger partial charge in [0.15, 0.2) is 0 Å². The standard InChI is InChI=1S/C16H16BrClFNO/c1-9-3-4-11(5-10(2)20)6-15(9)21-16-8-14(19)13(18)7-12(16)17/h3-4,6-8,10H,5,20H2,1-2H3.